The Balaban J connectivity index is 1.99. The van der Waals surface area contributed by atoms with E-state index < -0.39 is 0 Å². The van der Waals surface area contributed by atoms with E-state index in [0.29, 0.717) is 23.0 Å². The molecule has 1 aliphatic heterocycles. The van der Waals surface area contributed by atoms with Crippen LogP contribution in [0.1, 0.15) is 11.1 Å². The molecular weight excluding hydrogens is 294 g/mol. The number of carbonyl (C=O) groups excluding carboxylic acids is 1. The molecule has 6 heteroatoms. The monoisotopic (exact) mass is 309 g/mol. The molecule has 0 bridgehead atoms. The molecule has 6 nitrogen and oxygen atoms in total. The van der Waals surface area contributed by atoms with E-state index >= 15 is 0 Å². The van der Waals surface area contributed by atoms with Crippen LogP contribution in [0.2, 0.25) is 0 Å². The van der Waals surface area contributed by atoms with Crippen molar-refractivity contribution in [1.29, 1.82) is 0 Å². The van der Waals surface area contributed by atoms with Crippen molar-refractivity contribution < 1.29 is 14.3 Å². The molecule has 1 N–H and O–H groups in total. The van der Waals surface area contributed by atoms with Crippen molar-refractivity contribution in [2.45, 2.75) is 0 Å². The summed E-state index contributed by atoms with van der Waals surface area (Å²) in [6.07, 6.45) is 4.97. The Bertz CT molecular complexity index is 798. The molecule has 0 radical (unpaired) electrons. The smallest absolute Gasteiger partial charge is 0.275 e. The fourth-order valence-corrected chi connectivity index (χ4v) is 2.21. The molecular formula is C17H15N3O3. The summed E-state index contributed by atoms with van der Waals surface area (Å²) in [5.74, 6) is 1.56. The van der Waals surface area contributed by atoms with Crippen molar-refractivity contribution >= 4 is 17.8 Å². The molecule has 1 amide bonds. The first-order valence-corrected chi connectivity index (χ1v) is 6.95. The highest BCUT2D eigenvalue weighted by Gasteiger charge is 2.21. The van der Waals surface area contributed by atoms with Gasteiger partial charge in [0.1, 0.15) is 23.0 Å². The minimum Gasteiger partial charge on any atom is -0.497 e. The zero-order valence-electron chi connectivity index (χ0n) is 12.7. The van der Waals surface area contributed by atoms with Gasteiger partial charge in [-0.2, -0.15) is 0 Å². The number of benzene rings is 1. The van der Waals surface area contributed by atoms with Crippen molar-refractivity contribution in [1.82, 2.24) is 10.3 Å². The van der Waals surface area contributed by atoms with Crippen molar-refractivity contribution in [3.63, 3.8) is 0 Å². The lowest BCUT2D eigenvalue weighted by molar-refractivity contribution is -0.115. The van der Waals surface area contributed by atoms with E-state index in [0.717, 1.165) is 11.1 Å². The van der Waals surface area contributed by atoms with E-state index in [1.54, 1.807) is 63.0 Å². The molecule has 3 rings (SSSR count). The van der Waals surface area contributed by atoms with Crippen LogP contribution in [0, 0.1) is 0 Å². The summed E-state index contributed by atoms with van der Waals surface area (Å²) in [4.78, 5) is 20.4. The van der Waals surface area contributed by atoms with E-state index in [1.165, 1.54) is 0 Å². The highest BCUT2D eigenvalue weighted by Crippen LogP contribution is 2.27. The number of aromatic nitrogens is 1. The number of amides is 1. The van der Waals surface area contributed by atoms with Crippen LogP contribution in [-0.4, -0.2) is 30.9 Å². The lowest BCUT2D eigenvalue weighted by Gasteiger charge is -2.07. The van der Waals surface area contributed by atoms with Gasteiger partial charge in [-0.15, -0.1) is 0 Å². The normalized spacial score (nSPS) is 15.3. The predicted molar refractivity (Wildman–Crippen MR) is 86.4 cm³/mol. The van der Waals surface area contributed by atoms with Crippen molar-refractivity contribution in [2.75, 3.05) is 14.2 Å². The minimum absolute atomic E-state index is 0.262. The Kier molecular flexibility index (Phi) is 4.05. The van der Waals surface area contributed by atoms with Crippen LogP contribution in [0.4, 0.5) is 0 Å². The number of ether oxygens (including phenoxy) is 2. The van der Waals surface area contributed by atoms with Crippen molar-refractivity contribution in [3.8, 4) is 11.5 Å². The summed E-state index contributed by atoms with van der Waals surface area (Å²) in [5.41, 5.74) is 1.83. The second-order valence-corrected chi connectivity index (χ2v) is 4.79. The summed E-state index contributed by atoms with van der Waals surface area (Å²) in [6.45, 7) is 0. The molecule has 23 heavy (non-hydrogen) atoms. The first-order valence-electron chi connectivity index (χ1n) is 6.95. The standard InChI is InChI=1S/C17H15N3O3/c1-22-13-3-4-15(23-2)12(9-13)10-14-17(21)20-16(19-14)11-5-7-18-8-6-11/h3-10H,1-2H3,(H,19,20,21)/b14-10-. The van der Waals surface area contributed by atoms with Gasteiger partial charge in [-0.1, -0.05) is 0 Å². The Labute approximate surface area is 133 Å². The van der Waals surface area contributed by atoms with Crippen LogP contribution in [0.25, 0.3) is 6.08 Å². The van der Waals surface area contributed by atoms with E-state index in [-0.39, 0.29) is 5.91 Å². The van der Waals surface area contributed by atoms with E-state index in [9.17, 15) is 4.79 Å². The highest BCUT2D eigenvalue weighted by molar-refractivity contribution is 6.19. The highest BCUT2D eigenvalue weighted by atomic mass is 16.5. The Morgan fingerprint density at radius 3 is 2.57 bits per heavy atom. The van der Waals surface area contributed by atoms with Crippen LogP contribution in [-0.2, 0) is 4.79 Å². The molecule has 2 aromatic rings. The Hall–Kier alpha value is -3.15. The third-order valence-corrected chi connectivity index (χ3v) is 3.38. The number of nitrogens with one attached hydrogen (secondary N) is 1. The van der Waals surface area contributed by atoms with Crippen LogP contribution >= 0.6 is 0 Å². The van der Waals surface area contributed by atoms with E-state index in [4.69, 9.17) is 9.47 Å². The Morgan fingerprint density at radius 2 is 1.87 bits per heavy atom. The zero-order chi connectivity index (χ0) is 16.2. The van der Waals surface area contributed by atoms with Crippen LogP contribution < -0.4 is 14.8 Å². The molecule has 0 unspecified atom stereocenters. The Morgan fingerprint density at radius 1 is 1.09 bits per heavy atom. The first kappa shape index (κ1) is 14.8. The number of carbonyl (C=O) groups is 1. The lowest BCUT2D eigenvalue weighted by atomic mass is 10.1. The van der Waals surface area contributed by atoms with Crippen LogP contribution in [0.5, 0.6) is 11.5 Å². The van der Waals surface area contributed by atoms with Gasteiger partial charge in [0.25, 0.3) is 5.91 Å². The quantitative estimate of drug-likeness (QED) is 0.877. The van der Waals surface area contributed by atoms with Gasteiger partial charge in [0.15, 0.2) is 0 Å². The van der Waals surface area contributed by atoms with E-state index in [2.05, 4.69) is 15.3 Å². The number of aliphatic imine (C=N–C) groups is 1. The second kappa shape index (κ2) is 6.31. The van der Waals surface area contributed by atoms with Gasteiger partial charge in [-0.3, -0.25) is 9.78 Å². The molecule has 0 saturated heterocycles. The summed E-state index contributed by atoms with van der Waals surface area (Å²) < 4.78 is 10.5. The summed E-state index contributed by atoms with van der Waals surface area (Å²) >= 11 is 0. The largest absolute Gasteiger partial charge is 0.497 e. The summed E-state index contributed by atoms with van der Waals surface area (Å²) in [6, 6.07) is 8.94. The van der Waals surface area contributed by atoms with Gasteiger partial charge < -0.3 is 14.8 Å². The topological polar surface area (TPSA) is 72.8 Å². The molecule has 1 aromatic carbocycles. The molecule has 0 spiro atoms. The number of methoxy groups -OCH3 is 2. The van der Waals surface area contributed by atoms with Gasteiger partial charge in [-0.25, -0.2) is 4.99 Å². The predicted octanol–water partition coefficient (Wildman–Crippen LogP) is 2.02. The van der Waals surface area contributed by atoms with Crippen LogP contribution in [0.3, 0.4) is 0 Å². The number of amidine groups is 1. The maximum Gasteiger partial charge on any atom is 0.275 e. The number of pyridine rings is 1. The average Bonchev–Trinajstić information content (AvgIpc) is 2.96. The van der Waals surface area contributed by atoms with Crippen LogP contribution in [0.15, 0.2) is 53.4 Å². The second-order valence-electron chi connectivity index (χ2n) is 4.79. The SMILES string of the molecule is COc1ccc(OC)c(/C=C2\N=C(c3ccncc3)NC2=O)c1. The third-order valence-electron chi connectivity index (χ3n) is 3.38. The fraction of sp³-hybridized carbons (Fsp3) is 0.118. The summed E-state index contributed by atoms with van der Waals surface area (Å²) in [7, 11) is 3.16. The minimum atomic E-state index is -0.262. The van der Waals surface area contributed by atoms with Gasteiger partial charge in [0, 0.05) is 23.5 Å². The molecule has 0 fully saturated rings. The van der Waals surface area contributed by atoms with Gasteiger partial charge in [0.05, 0.1) is 14.2 Å². The third kappa shape index (κ3) is 3.06. The molecule has 0 atom stereocenters. The number of nitrogens with zero attached hydrogens (tertiary/aromatic N) is 2. The zero-order valence-corrected chi connectivity index (χ0v) is 12.7. The summed E-state index contributed by atoms with van der Waals surface area (Å²) in [5, 5.41) is 2.75. The van der Waals surface area contributed by atoms with Gasteiger partial charge in [0.2, 0.25) is 0 Å². The number of rotatable bonds is 4. The molecule has 0 aliphatic carbocycles. The van der Waals surface area contributed by atoms with Gasteiger partial charge >= 0.3 is 0 Å². The molecule has 0 saturated carbocycles. The lowest BCUT2D eigenvalue weighted by Crippen LogP contribution is -2.24. The maximum atomic E-state index is 12.1. The average molecular weight is 309 g/mol. The first-order chi connectivity index (χ1) is 11.2. The van der Waals surface area contributed by atoms with Gasteiger partial charge in [-0.05, 0) is 36.4 Å². The maximum absolute atomic E-state index is 12.1. The van der Waals surface area contributed by atoms with Crippen molar-refractivity contribution in [2.24, 2.45) is 4.99 Å². The van der Waals surface area contributed by atoms with E-state index in [1.807, 2.05) is 0 Å². The molecule has 1 aliphatic rings. The molecule has 2 heterocycles. The molecule has 116 valence electrons. The fourth-order valence-electron chi connectivity index (χ4n) is 2.21. The molecule has 1 aromatic heterocycles. The number of hydrogen-bond donors (Lipinski definition) is 1. The van der Waals surface area contributed by atoms with Crippen molar-refractivity contribution in [3.05, 3.63) is 59.5 Å². The number of hydrogen-bond acceptors (Lipinski definition) is 5.